The third-order valence-corrected chi connectivity index (χ3v) is 3.52. The predicted octanol–water partition coefficient (Wildman–Crippen LogP) is 3.26. The standard InChI is InChI=1S/C14H18O/c1-2-11-8-9-14-12(6-4-10-15)5-3-7-13(11)14/h3,5,7,10-11H,2,4,6,8-9H2,1H3. The van der Waals surface area contributed by atoms with Crippen LogP contribution in [0.5, 0.6) is 0 Å². The molecule has 1 heteroatoms. The number of hydrogen-bond donors (Lipinski definition) is 0. The van der Waals surface area contributed by atoms with Crippen molar-refractivity contribution in [2.24, 2.45) is 0 Å². The van der Waals surface area contributed by atoms with Gasteiger partial charge in [0, 0.05) is 6.42 Å². The molecule has 0 aromatic heterocycles. The SMILES string of the molecule is CCC1CCc2c(CCC=O)cccc21. The van der Waals surface area contributed by atoms with Crippen LogP contribution in [-0.2, 0) is 17.6 Å². The van der Waals surface area contributed by atoms with Crippen LogP contribution >= 0.6 is 0 Å². The van der Waals surface area contributed by atoms with Gasteiger partial charge < -0.3 is 4.79 Å². The second-order valence-electron chi connectivity index (χ2n) is 4.33. The van der Waals surface area contributed by atoms with Gasteiger partial charge in [-0.2, -0.15) is 0 Å². The average molecular weight is 202 g/mol. The van der Waals surface area contributed by atoms with Gasteiger partial charge in [0.25, 0.3) is 0 Å². The van der Waals surface area contributed by atoms with Gasteiger partial charge in [-0.1, -0.05) is 25.1 Å². The lowest BCUT2D eigenvalue weighted by Crippen LogP contribution is -1.95. The maximum absolute atomic E-state index is 10.4. The lowest BCUT2D eigenvalue weighted by Gasteiger charge is -2.10. The van der Waals surface area contributed by atoms with Gasteiger partial charge in [-0.3, -0.25) is 0 Å². The molecule has 0 spiro atoms. The Balaban J connectivity index is 2.27. The Morgan fingerprint density at radius 1 is 1.47 bits per heavy atom. The van der Waals surface area contributed by atoms with E-state index in [-0.39, 0.29) is 0 Å². The molecular weight excluding hydrogens is 184 g/mol. The number of aryl methyl sites for hydroxylation is 1. The molecule has 0 N–H and O–H groups in total. The summed E-state index contributed by atoms with van der Waals surface area (Å²) >= 11 is 0. The van der Waals surface area contributed by atoms with Gasteiger partial charge in [0.1, 0.15) is 6.29 Å². The van der Waals surface area contributed by atoms with E-state index in [9.17, 15) is 4.79 Å². The third kappa shape index (κ3) is 1.97. The summed E-state index contributed by atoms with van der Waals surface area (Å²) in [6.45, 7) is 2.26. The molecule has 1 aromatic carbocycles. The smallest absolute Gasteiger partial charge is 0.120 e. The summed E-state index contributed by atoms with van der Waals surface area (Å²) < 4.78 is 0. The highest BCUT2D eigenvalue weighted by Gasteiger charge is 2.22. The van der Waals surface area contributed by atoms with E-state index in [2.05, 4.69) is 25.1 Å². The summed E-state index contributed by atoms with van der Waals surface area (Å²) in [4.78, 5) is 10.4. The predicted molar refractivity (Wildman–Crippen MR) is 62.2 cm³/mol. The Morgan fingerprint density at radius 2 is 2.33 bits per heavy atom. The molecular formula is C14H18O. The first kappa shape index (κ1) is 10.4. The minimum absolute atomic E-state index is 0.660. The van der Waals surface area contributed by atoms with E-state index in [1.165, 1.54) is 30.4 Å². The summed E-state index contributed by atoms with van der Waals surface area (Å²) in [5, 5.41) is 0. The molecule has 0 amide bonds. The first-order chi connectivity index (χ1) is 7.36. The topological polar surface area (TPSA) is 17.1 Å². The molecule has 15 heavy (non-hydrogen) atoms. The van der Waals surface area contributed by atoms with Crippen molar-refractivity contribution in [1.82, 2.24) is 0 Å². The first-order valence-corrected chi connectivity index (χ1v) is 5.91. The van der Waals surface area contributed by atoms with Gasteiger partial charge in [0.15, 0.2) is 0 Å². The van der Waals surface area contributed by atoms with Crippen LogP contribution in [0.25, 0.3) is 0 Å². The average Bonchev–Trinajstić information content (AvgIpc) is 2.69. The zero-order valence-corrected chi connectivity index (χ0v) is 9.33. The molecule has 1 aliphatic rings. The fourth-order valence-electron chi connectivity index (χ4n) is 2.69. The van der Waals surface area contributed by atoms with Crippen molar-refractivity contribution in [3.63, 3.8) is 0 Å². The Bertz CT molecular complexity index is 354. The number of hydrogen-bond acceptors (Lipinski definition) is 1. The van der Waals surface area contributed by atoms with E-state index in [1.807, 2.05) is 0 Å². The molecule has 80 valence electrons. The van der Waals surface area contributed by atoms with Crippen LogP contribution in [0, 0.1) is 0 Å². The molecule has 0 saturated heterocycles. The lowest BCUT2D eigenvalue weighted by molar-refractivity contribution is -0.107. The van der Waals surface area contributed by atoms with Crippen LogP contribution in [0.1, 0.15) is 48.8 Å². The Labute approximate surface area is 91.5 Å². The Hall–Kier alpha value is -1.11. The largest absolute Gasteiger partial charge is 0.303 e. The minimum atomic E-state index is 0.660. The monoisotopic (exact) mass is 202 g/mol. The maximum Gasteiger partial charge on any atom is 0.120 e. The quantitative estimate of drug-likeness (QED) is 0.685. The Kier molecular flexibility index (Phi) is 3.20. The molecule has 0 saturated carbocycles. The molecule has 0 fully saturated rings. The van der Waals surface area contributed by atoms with Gasteiger partial charge in [-0.25, -0.2) is 0 Å². The zero-order valence-electron chi connectivity index (χ0n) is 9.33. The van der Waals surface area contributed by atoms with E-state index in [0.717, 1.165) is 18.6 Å². The molecule has 1 unspecified atom stereocenters. The van der Waals surface area contributed by atoms with Crippen molar-refractivity contribution >= 4 is 6.29 Å². The second-order valence-corrected chi connectivity index (χ2v) is 4.33. The highest BCUT2D eigenvalue weighted by atomic mass is 16.1. The molecule has 0 heterocycles. The third-order valence-electron chi connectivity index (χ3n) is 3.52. The summed E-state index contributed by atoms with van der Waals surface area (Å²) in [5.41, 5.74) is 4.47. The van der Waals surface area contributed by atoms with Crippen LogP contribution in [0.4, 0.5) is 0 Å². The fraction of sp³-hybridized carbons (Fsp3) is 0.500. The molecule has 1 aliphatic carbocycles. The van der Waals surface area contributed by atoms with Crippen molar-refractivity contribution in [1.29, 1.82) is 0 Å². The number of aldehydes is 1. The van der Waals surface area contributed by atoms with Gasteiger partial charge in [0.05, 0.1) is 0 Å². The van der Waals surface area contributed by atoms with Crippen LogP contribution < -0.4 is 0 Å². The van der Waals surface area contributed by atoms with Gasteiger partial charge >= 0.3 is 0 Å². The molecule has 1 nitrogen and oxygen atoms in total. The van der Waals surface area contributed by atoms with Crippen molar-refractivity contribution in [2.45, 2.75) is 44.9 Å². The second kappa shape index (κ2) is 4.61. The van der Waals surface area contributed by atoms with E-state index in [1.54, 1.807) is 5.56 Å². The lowest BCUT2D eigenvalue weighted by atomic mass is 9.95. The maximum atomic E-state index is 10.4. The van der Waals surface area contributed by atoms with E-state index in [4.69, 9.17) is 0 Å². The zero-order chi connectivity index (χ0) is 10.7. The normalized spacial score (nSPS) is 18.9. The summed E-state index contributed by atoms with van der Waals surface area (Å²) in [6, 6.07) is 6.59. The molecule has 1 aromatic rings. The summed E-state index contributed by atoms with van der Waals surface area (Å²) in [6.07, 6.45) is 6.35. The van der Waals surface area contributed by atoms with Crippen molar-refractivity contribution in [3.8, 4) is 0 Å². The number of fused-ring (bicyclic) bond motifs is 1. The number of carbonyl (C=O) groups excluding carboxylic acids is 1. The molecule has 1 atom stereocenters. The molecule has 0 aliphatic heterocycles. The first-order valence-electron chi connectivity index (χ1n) is 5.91. The van der Waals surface area contributed by atoms with Crippen LogP contribution in [0.3, 0.4) is 0 Å². The van der Waals surface area contributed by atoms with Crippen LogP contribution in [-0.4, -0.2) is 6.29 Å². The van der Waals surface area contributed by atoms with Crippen LogP contribution in [0.15, 0.2) is 18.2 Å². The highest BCUT2D eigenvalue weighted by molar-refractivity contribution is 5.51. The van der Waals surface area contributed by atoms with Gasteiger partial charge in [-0.05, 0) is 48.3 Å². The summed E-state index contributed by atoms with van der Waals surface area (Å²) in [7, 11) is 0. The van der Waals surface area contributed by atoms with E-state index in [0.29, 0.717) is 6.42 Å². The number of carbonyl (C=O) groups is 1. The van der Waals surface area contributed by atoms with Crippen molar-refractivity contribution in [2.75, 3.05) is 0 Å². The van der Waals surface area contributed by atoms with Gasteiger partial charge in [-0.15, -0.1) is 0 Å². The molecule has 2 rings (SSSR count). The molecule has 0 radical (unpaired) electrons. The van der Waals surface area contributed by atoms with E-state index < -0.39 is 0 Å². The van der Waals surface area contributed by atoms with Crippen molar-refractivity contribution in [3.05, 3.63) is 34.9 Å². The fourth-order valence-corrected chi connectivity index (χ4v) is 2.69. The van der Waals surface area contributed by atoms with Crippen LogP contribution in [0.2, 0.25) is 0 Å². The van der Waals surface area contributed by atoms with Crippen molar-refractivity contribution < 1.29 is 4.79 Å². The minimum Gasteiger partial charge on any atom is -0.303 e. The number of benzene rings is 1. The summed E-state index contributed by atoms with van der Waals surface area (Å²) in [5.74, 6) is 0.760. The molecule has 0 bridgehead atoms. The van der Waals surface area contributed by atoms with Gasteiger partial charge in [0.2, 0.25) is 0 Å². The number of rotatable bonds is 4. The van der Waals surface area contributed by atoms with E-state index >= 15 is 0 Å². The highest BCUT2D eigenvalue weighted by Crippen LogP contribution is 2.37. The Morgan fingerprint density at radius 3 is 3.07 bits per heavy atom.